The monoisotopic (exact) mass is 296 g/mol. The fourth-order valence-corrected chi connectivity index (χ4v) is 2.47. The Bertz CT molecular complexity index is 685. The normalized spacial score (nSPS) is 11.2. The molecule has 0 spiro atoms. The minimum atomic E-state index is -0.463. The van der Waals surface area contributed by atoms with Crippen molar-refractivity contribution in [3.8, 4) is 0 Å². The summed E-state index contributed by atoms with van der Waals surface area (Å²) >= 11 is 5.94. The van der Waals surface area contributed by atoms with E-state index in [1.165, 1.54) is 4.57 Å². The third kappa shape index (κ3) is 3.01. The molecule has 2 rings (SSSR count). The van der Waals surface area contributed by atoms with Gasteiger partial charge in [0.2, 0.25) is 0 Å². The van der Waals surface area contributed by atoms with Gasteiger partial charge in [-0.05, 0) is 12.3 Å². The summed E-state index contributed by atoms with van der Waals surface area (Å²) in [4.78, 5) is 30.6. The van der Waals surface area contributed by atoms with Gasteiger partial charge in [-0.3, -0.25) is 14.3 Å². The van der Waals surface area contributed by atoms with Crippen LogP contribution in [0.3, 0.4) is 0 Å². The molecule has 0 fully saturated rings. The summed E-state index contributed by atoms with van der Waals surface area (Å²) in [7, 11) is 0. The minimum Gasteiger partial charge on any atom is -0.337 e. The number of hydrogen-bond acceptors (Lipinski definition) is 3. The lowest BCUT2D eigenvalue weighted by atomic mass is 10.1. The van der Waals surface area contributed by atoms with Crippen LogP contribution in [0.1, 0.15) is 31.7 Å². The highest BCUT2D eigenvalue weighted by molar-refractivity contribution is 6.30. The topological polar surface area (TPSA) is 72.7 Å². The number of aromatic nitrogens is 4. The van der Waals surface area contributed by atoms with Crippen molar-refractivity contribution in [2.75, 3.05) is 0 Å². The molecule has 0 aliphatic rings. The van der Waals surface area contributed by atoms with Crippen LogP contribution in [0.25, 0.3) is 0 Å². The van der Waals surface area contributed by atoms with Gasteiger partial charge in [0.25, 0.3) is 5.56 Å². The standard InChI is InChI=1S/C13H17ClN4O2/c1-9(2)10-11(14)16-13(20)18(12(10)19)6-3-5-17-7-4-15-8-17/h4,7-9H,3,5-6H2,1-2H3,(H,16,20). The Morgan fingerprint density at radius 1 is 1.35 bits per heavy atom. The largest absolute Gasteiger partial charge is 0.337 e. The van der Waals surface area contributed by atoms with Crippen molar-refractivity contribution in [3.05, 3.63) is 50.3 Å². The summed E-state index contributed by atoms with van der Waals surface area (Å²) in [6.45, 7) is 4.79. The Kier molecular flexibility index (Phi) is 4.44. The van der Waals surface area contributed by atoms with Gasteiger partial charge in [-0.25, -0.2) is 9.78 Å². The second-order valence-corrected chi connectivity index (χ2v) is 5.30. The maximum atomic E-state index is 12.3. The molecule has 1 N–H and O–H groups in total. The van der Waals surface area contributed by atoms with Gasteiger partial charge in [0.1, 0.15) is 5.15 Å². The Morgan fingerprint density at radius 2 is 2.10 bits per heavy atom. The van der Waals surface area contributed by atoms with E-state index in [0.717, 1.165) is 0 Å². The van der Waals surface area contributed by atoms with Crippen molar-refractivity contribution in [2.45, 2.75) is 39.3 Å². The molecule has 0 saturated carbocycles. The van der Waals surface area contributed by atoms with Crippen LogP contribution < -0.4 is 11.2 Å². The smallest absolute Gasteiger partial charge is 0.329 e. The number of imidazole rings is 1. The van der Waals surface area contributed by atoms with Gasteiger partial charge in [-0.15, -0.1) is 0 Å². The molecule has 6 nitrogen and oxygen atoms in total. The predicted molar refractivity (Wildman–Crippen MR) is 77.3 cm³/mol. The lowest BCUT2D eigenvalue weighted by Gasteiger charge is -2.11. The molecule has 0 aliphatic heterocycles. The zero-order chi connectivity index (χ0) is 14.7. The predicted octanol–water partition coefficient (Wildman–Crippen LogP) is 1.60. The van der Waals surface area contributed by atoms with E-state index in [4.69, 9.17) is 11.6 Å². The third-order valence-corrected chi connectivity index (χ3v) is 3.41. The van der Waals surface area contributed by atoms with E-state index in [-0.39, 0.29) is 16.6 Å². The number of nitrogens with one attached hydrogen (secondary N) is 1. The Balaban J connectivity index is 2.21. The molecule has 0 amide bonds. The maximum Gasteiger partial charge on any atom is 0.329 e. The summed E-state index contributed by atoms with van der Waals surface area (Å²) in [5, 5.41) is 0.140. The third-order valence-electron chi connectivity index (χ3n) is 3.11. The SMILES string of the molecule is CC(C)c1c(Cl)[nH]c(=O)n(CCCn2ccnc2)c1=O. The number of aromatic amines is 1. The number of hydrogen-bond donors (Lipinski definition) is 1. The lowest BCUT2D eigenvalue weighted by molar-refractivity contribution is 0.529. The first-order chi connectivity index (χ1) is 9.50. The van der Waals surface area contributed by atoms with Gasteiger partial charge in [-0.1, -0.05) is 25.4 Å². The van der Waals surface area contributed by atoms with E-state index in [2.05, 4.69) is 9.97 Å². The molecular weight excluding hydrogens is 280 g/mol. The second-order valence-electron chi connectivity index (χ2n) is 4.92. The molecule has 0 aliphatic carbocycles. The first kappa shape index (κ1) is 14.6. The van der Waals surface area contributed by atoms with Gasteiger partial charge in [0, 0.05) is 25.5 Å². The zero-order valence-corrected chi connectivity index (χ0v) is 12.2. The van der Waals surface area contributed by atoms with Crippen molar-refractivity contribution in [1.29, 1.82) is 0 Å². The van der Waals surface area contributed by atoms with Crippen LogP contribution in [-0.4, -0.2) is 19.1 Å². The first-order valence-corrected chi connectivity index (χ1v) is 6.86. The highest BCUT2D eigenvalue weighted by Crippen LogP contribution is 2.16. The average molecular weight is 297 g/mol. The summed E-state index contributed by atoms with van der Waals surface area (Å²) in [6.07, 6.45) is 5.90. The van der Waals surface area contributed by atoms with E-state index in [0.29, 0.717) is 25.1 Å². The van der Waals surface area contributed by atoms with Crippen LogP contribution in [0.2, 0.25) is 5.15 Å². The summed E-state index contributed by atoms with van der Waals surface area (Å²) in [6, 6.07) is 0. The molecule has 2 aromatic rings. The summed E-state index contributed by atoms with van der Waals surface area (Å²) < 4.78 is 3.11. The van der Waals surface area contributed by atoms with Crippen molar-refractivity contribution < 1.29 is 0 Å². The number of aryl methyl sites for hydroxylation is 1. The van der Waals surface area contributed by atoms with E-state index in [1.807, 2.05) is 24.6 Å². The first-order valence-electron chi connectivity index (χ1n) is 6.49. The molecule has 0 bridgehead atoms. The Labute approximate surface area is 121 Å². The van der Waals surface area contributed by atoms with Gasteiger partial charge >= 0.3 is 5.69 Å². The van der Waals surface area contributed by atoms with E-state index < -0.39 is 5.69 Å². The van der Waals surface area contributed by atoms with Crippen LogP contribution in [-0.2, 0) is 13.1 Å². The molecular formula is C13H17ClN4O2. The van der Waals surface area contributed by atoms with E-state index in [9.17, 15) is 9.59 Å². The van der Waals surface area contributed by atoms with Crippen LogP contribution >= 0.6 is 11.6 Å². The van der Waals surface area contributed by atoms with Crippen molar-refractivity contribution in [1.82, 2.24) is 19.1 Å². The van der Waals surface area contributed by atoms with E-state index >= 15 is 0 Å². The molecule has 2 aromatic heterocycles. The molecule has 0 atom stereocenters. The van der Waals surface area contributed by atoms with Crippen molar-refractivity contribution in [2.24, 2.45) is 0 Å². The fraction of sp³-hybridized carbons (Fsp3) is 0.462. The molecule has 0 unspecified atom stereocenters. The fourth-order valence-electron chi connectivity index (χ4n) is 2.09. The quantitative estimate of drug-likeness (QED) is 0.852. The molecule has 108 valence electrons. The Morgan fingerprint density at radius 3 is 2.70 bits per heavy atom. The summed E-state index contributed by atoms with van der Waals surface area (Å²) in [5.41, 5.74) is -0.316. The number of halogens is 1. The minimum absolute atomic E-state index is 0.0354. The number of H-pyrrole nitrogens is 1. The second kappa shape index (κ2) is 6.09. The van der Waals surface area contributed by atoms with Gasteiger partial charge in [0.05, 0.1) is 11.9 Å². The number of rotatable bonds is 5. The molecule has 0 saturated heterocycles. The van der Waals surface area contributed by atoms with E-state index in [1.54, 1.807) is 12.5 Å². The van der Waals surface area contributed by atoms with Gasteiger partial charge in [0.15, 0.2) is 0 Å². The molecule has 0 radical (unpaired) electrons. The summed E-state index contributed by atoms with van der Waals surface area (Å²) in [5.74, 6) is -0.0354. The van der Waals surface area contributed by atoms with Crippen molar-refractivity contribution in [3.63, 3.8) is 0 Å². The molecule has 20 heavy (non-hydrogen) atoms. The number of nitrogens with zero attached hydrogens (tertiary/aromatic N) is 3. The average Bonchev–Trinajstić information content (AvgIpc) is 2.85. The maximum absolute atomic E-state index is 12.3. The van der Waals surface area contributed by atoms with Gasteiger partial charge < -0.3 is 4.57 Å². The molecule has 2 heterocycles. The van der Waals surface area contributed by atoms with Crippen LogP contribution in [0, 0.1) is 0 Å². The van der Waals surface area contributed by atoms with Crippen LogP contribution in [0.5, 0.6) is 0 Å². The molecule has 7 heteroatoms. The van der Waals surface area contributed by atoms with Crippen LogP contribution in [0.15, 0.2) is 28.3 Å². The lowest BCUT2D eigenvalue weighted by Crippen LogP contribution is -2.38. The van der Waals surface area contributed by atoms with Crippen molar-refractivity contribution >= 4 is 11.6 Å². The Hall–Kier alpha value is -1.82. The van der Waals surface area contributed by atoms with Gasteiger partial charge in [-0.2, -0.15) is 0 Å². The zero-order valence-electron chi connectivity index (χ0n) is 11.5. The van der Waals surface area contributed by atoms with Crippen LogP contribution in [0.4, 0.5) is 0 Å². The highest BCUT2D eigenvalue weighted by Gasteiger charge is 2.15. The highest BCUT2D eigenvalue weighted by atomic mass is 35.5. The molecule has 0 aromatic carbocycles.